The van der Waals surface area contributed by atoms with Crippen molar-refractivity contribution in [3.63, 3.8) is 0 Å². The summed E-state index contributed by atoms with van der Waals surface area (Å²) < 4.78 is 5.61. The first kappa shape index (κ1) is 19.5. The zero-order chi connectivity index (χ0) is 20.6. The molecule has 0 aliphatic heterocycles. The number of rotatable bonds is 7. The molecule has 0 heterocycles. The molecule has 1 amide bonds. The van der Waals surface area contributed by atoms with Crippen molar-refractivity contribution < 1.29 is 19.4 Å². The third kappa shape index (κ3) is 3.61. The second kappa shape index (κ2) is 7.54. The molecule has 2 aliphatic carbocycles. The van der Waals surface area contributed by atoms with Gasteiger partial charge in [-0.05, 0) is 47.4 Å². The Morgan fingerprint density at radius 1 is 1.07 bits per heavy atom. The van der Waals surface area contributed by atoms with Crippen LogP contribution in [0, 0.1) is 11.3 Å². The van der Waals surface area contributed by atoms with Crippen LogP contribution >= 0.6 is 0 Å². The van der Waals surface area contributed by atoms with E-state index >= 15 is 0 Å². The quantitative estimate of drug-likeness (QED) is 0.708. The fourth-order valence-corrected chi connectivity index (χ4v) is 4.52. The molecule has 0 radical (unpaired) electrons. The summed E-state index contributed by atoms with van der Waals surface area (Å²) >= 11 is 0. The number of ether oxygens (including phenoxy) is 1. The lowest BCUT2D eigenvalue weighted by Gasteiger charge is -2.26. The largest absolute Gasteiger partial charge is 0.481 e. The first-order valence-electron chi connectivity index (χ1n) is 10.3. The maximum absolute atomic E-state index is 12.6. The van der Waals surface area contributed by atoms with Gasteiger partial charge in [0.1, 0.15) is 6.61 Å². The molecule has 0 spiro atoms. The highest BCUT2D eigenvalue weighted by Gasteiger charge is 2.56. The van der Waals surface area contributed by atoms with Gasteiger partial charge in [0.05, 0.1) is 5.41 Å². The molecule has 0 bridgehead atoms. The van der Waals surface area contributed by atoms with E-state index in [0.717, 1.165) is 11.1 Å². The molecule has 2 aliphatic rings. The fourth-order valence-electron chi connectivity index (χ4n) is 4.52. The summed E-state index contributed by atoms with van der Waals surface area (Å²) in [5.41, 5.74) is 3.83. The van der Waals surface area contributed by atoms with Crippen LogP contribution in [0.2, 0.25) is 0 Å². The summed E-state index contributed by atoms with van der Waals surface area (Å²) in [5.74, 6) is -0.557. The molecule has 2 aromatic rings. The predicted molar refractivity (Wildman–Crippen MR) is 111 cm³/mol. The topological polar surface area (TPSA) is 75.6 Å². The molecule has 0 saturated heterocycles. The number of hydrogen-bond donors (Lipinski definition) is 2. The number of fused-ring (bicyclic) bond motifs is 3. The number of carbonyl (C=O) groups is 2. The molecule has 5 nitrogen and oxygen atoms in total. The molecule has 1 atom stereocenters. The van der Waals surface area contributed by atoms with Crippen LogP contribution in [0.25, 0.3) is 11.1 Å². The van der Waals surface area contributed by atoms with E-state index in [2.05, 4.69) is 29.6 Å². The molecule has 1 fully saturated rings. The van der Waals surface area contributed by atoms with Gasteiger partial charge in [0.2, 0.25) is 0 Å². The van der Waals surface area contributed by atoms with Gasteiger partial charge in [0.15, 0.2) is 0 Å². The number of amides is 1. The van der Waals surface area contributed by atoms with E-state index in [1.54, 1.807) is 0 Å². The van der Waals surface area contributed by atoms with Gasteiger partial charge in [-0.3, -0.25) is 4.79 Å². The van der Waals surface area contributed by atoms with Crippen molar-refractivity contribution in [1.82, 2.24) is 5.32 Å². The molecule has 1 saturated carbocycles. The second-order valence-corrected chi connectivity index (χ2v) is 8.61. The van der Waals surface area contributed by atoms with Gasteiger partial charge in [-0.1, -0.05) is 62.4 Å². The number of aliphatic carboxylic acids is 1. The highest BCUT2D eigenvalue weighted by atomic mass is 16.5. The van der Waals surface area contributed by atoms with Crippen molar-refractivity contribution in [1.29, 1.82) is 0 Å². The monoisotopic (exact) mass is 393 g/mol. The average Bonchev–Trinajstić information content (AvgIpc) is 3.45. The lowest BCUT2D eigenvalue weighted by molar-refractivity contribution is -0.144. The van der Waals surface area contributed by atoms with Crippen LogP contribution in [-0.4, -0.2) is 29.8 Å². The Morgan fingerprint density at radius 3 is 2.10 bits per heavy atom. The molecule has 1 unspecified atom stereocenters. The Hall–Kier alpha value is -2.82. The Morgan fingerprint density at radius 2 is 1.62 bits per heavy atom. The zero-order valence-electron chi connectivity index (χ0n) is 16.9. The van der Waals surface area contributed by atoms with Crippen molar-refractivity contribution in [2.45, 2.75) is 45.1 Å². The summed E-state index contributed by atoms with van der Waals surface area (Å²) in [6.07, 6.45) is 1.29. The summed E-state index contributed by atoms with van der Waals surface area (Å²) in [5, 5.41) is 12.5. The predicted octanol–water partition coefficient (Wildman–Crippen LogP) is 4.80. The number of hydrogen-bond acceptors (Lipinski definition) is 3. The van der Waals surface area contributed by atoms with Gasteiger partial charge in [-0.2, -0.15) is 0 Å². The molecular formula is C24H27NO4. The Kier molecular flexibility index (Phi) is 5.07. The molecule has 4 rings (SSSR count). The Labute approximate surface area is 171 Å². The van der Waals surface area contributed by atoms with Crippen LogP contribution < -0.4 is 5.32 Å². The number of carbonyl (C=O) groups excluding carboxylic acids is 1. The molecule has 2 N–H and O–H groups in total. The van der Waals surface area contributed by atoms with Crippen LogP contribution in [0.1, 0.15) is 50.2 Å². The van der Waals surface area contributed by atoms with Gasteiger partial charge in [-0.15, -0.1) is 0 Å². The highest BCUT2D eigenvalue weighted by molar-refractivity contribution is 5.81. The fraction of sp³-hybridized carbons (Fsp3) is 0.417. The number of nitrogens with one attached hydrogen (secondary N) is 1. The van der Waals surface area contributed by atoms with Gasteiger partial charge < -0.3 is 15.2 Å². The number of carboxylic acids is 1. The first-order chi connectivity index (χ1) is 13.9. The summed E-state index contributed by atoms with van der Waals surface area (Å²) in [7, 11) is 0. The molecular weight excluding hydrogens is 366 g/mol. The minimum Gasteiger partial charge on any atom is -0.481 e. The first-order valence-corrected chi connectivity index (χ1v) is 10.3. The van der Waals surface area contributed by atoms with Gasteiger partial charge >= 0.3 is 12.1 Å². The number of benzene rings is 2. The Bertz CT molecular complexity index is 886. The van der Waals surface area contributed by atoms with Gasteiger partial charge in [-0.25, -0.2) is 4.79 Å². The minimum absolute atomic E-state index is 0.00828. The normalized spacial score (nSPS) is 17.3. The molecule has 0 aromatic heterocycles. The van der Waals surface area contributed by atoms with Gasteiger partial charge in [0, 0.05) is 12.0 Å². The van der Waals surface area contributed by atoms with Crippen LogP contribution in [-0.2, 0) is 9.53 Å². The van der Waals surface area contributed by atoms with Crippen molar-refractivity contribution in [3.05, 3.63) is 59.7 Å². The van der Waals surface area contributed by atoms with Crippen molar-refractivity contribution in [2.75, 3.05) is 6.61 Å². The van der Waals surface area contributed by atoms with E-state index in [1.165, 1.54) is 11.1 Å². The molecule has 29 heavy (non-hydrogen) atoms. The number of alkyl carbamates (subject to hydrolysis) is 1. The summed E-state index contributed by atoms with van der Waals surface area (Å²) in [6.45, 7) is 4.29. The Balaban J connectivity index is 1.46. The molecule has 5 heteroatoms. The summed E-state index contributed by atoms with van der Waals surface area (Å²) in [4.78, 5) is 24.3. The van der Waals surface area contributed by atoms with E-state index in [4.69, 9.17) is 4.74 Å². The van der Waals surface area contributed by atoms with Crippen molar-refractivity contribution in [3.8, 4) is 11.1 Å². The third-order valence-corrected chi connectivity index (χ3v) is 6.22. The minimum atomic E-state index is -0.837. The van der Waals surface area contributed by atoms with Crippen LogP contribution in [0.15, 0.2) is 48.5 Å². The number of carboxylic acid groups (broad SMARTS) is 1. The maximum atomic E-state index is 12.6. The average molecular weight is 393 g/mol. The maximum Gasteiger partial charge on any atom is 0.407 e. The van der Waals surface area contributed by atoms with Crippen LogP contribution in [0.5, 0.6) is 0 Å². The molecule has 2 aromatic carbocycles. The lowest BCUT2D eigenvalue weighted by Crippen LogP contribution is -2.46. The van der Waals surface area contributed by atoms with E-state index in [0.29, 0.717) is 19.3 Å². The van der Waals surface area contributed by atoms with Crippen LogP contribution in [0.4, 0.5) is 4.79 Å². The standard InChI is InChI=1S/C24H27NO4/c1-15(2)13-21(24(11-12-24)22(26)27)25-23(28)29-14-20-18-9-5-3-7-16(18)17-8-4-6-10-19(17)20/h3-10,15,20-21H,11-14H2,1-2H3,(H,25,28)(H,26,27). The highest BCUT2D eigenvalue weighted by Crippen LogP contribution is 2.50. The van der Waals surface area contributed by atoms with E-state index in [1.807, 2.05) is 38.1 Å². The third-order valence-electron chi connectivity index (χ3n) is 6.22. The van der Waals surface area contributed by atoms with Crippen molar-refractivity contribution in [2.24, 2.45) is 11.3 Å². The SMILES string of the molecule is CC(C)CC(NC(=O)OCC1c2ccccc2-c2ccccc21)C1(C(=O)O)CC1. The molecule has 152 valence electrons. The van der Waals surface area contributed by atoms with E-state index in [9.17, 15) is 14.7 Å². The van der Waals surface area contributed by atoms with Crippen LogP contribution in [0.3, 0.4) is 0 Å². The second-order valence-electron chi connectivity index (χ2n) is 8.61. The lowest BCUT2D eigenvalue weighted by atomic mass is 9.89. The zero-order valence-corrected chi connectivity index (χ0v) is 16.9. The smallest absolute Gasteiger partial charge is 0.407 e. The van der Waals surface area contributed by atoms with E-state index < -0.39 is 23.5 Å². The van der Waals surface area contributed by atoms with Gasteiger partial charge in [0.25, 0.3) is 0 Å². The summed E-state index contributed by atoms with van der Waals surface area (Å²) in [6, 6.07) is 16.0. The van der Waals surface area contributed by atoms with E-state index in [-0.39, 0.29) is 18.4 Å². The van der Waals surface area contributed by atoms with Crippen molar-refractivity contribution >= 4 is 12.1 Å².